The fourth-order valence-electron chi connectivity index (χ4n) is 4.48. The standard InChI is InChI=1S/C26H36BrN5/c27-22-13-11-21(12-14-22)25-20-32-24(9-6-10-26(32)31-25)19-29-16-5-4-15-28-17-18-30-23-7-2-1-3-8-23/h6,9-14,20,23,28-30H,1-5,7-8,15-19H2. The monoisotopic (exact) mass is 497 g/mol. The third kappa shape index (κ3) is 6.88. The van der Waals surface area contributed by atoms with E-state index in [1.54, 1.807) is 0 Å². The molecule has 1 saturated carbocycles. The molecule has 1 aliphatic rings. The Labute approximate surface area is 200 Å². The Bertz CT molecular complexity index is 947. The highest BCUT2D eigenvalue weighted by molar-refractivity contribution is 9.10. The molecule has 6 heteroatoms. The van der Waals surface area contributed by atoms with Gasteiger partial charge in [-0.15, -0.1) is 0 Å². The quantitative estimate of drug-likeness (QED) is 0.303. The summed E-state index contributed by atoms with van der Waals surface area (Å²) >= 11 is 3.50. The zero-order chi connectivity index (χ0) is 22.0. The second-order valence-corrected chi connectivity index (χ2v) is 9.72. The molecule has 2 heterocycles. The van der Waals surface area contributed by atoms with Crippen molar-refractivity contribution in [2.24, 2.45) is 0 Å². The van der Waals surface area contributed by atoms with Gasteiger partial charge in [0.1, 0.15) is 5.65 Å². The van der Waals surface area contributed by atoms with Gasteiger partial charge in [-0.1, -0.05) is 53.4 Å². The number of aromatic nitrogens is 2. The number of halogens is 1. The van der Waals surface area contributed by atoms with E-state index in [2.05, 4.69) is 84.9 Å². The number of unbranched alkanes of at least 4 members (excludes halogenated alkanes) is 1. The van der Waals surface area contributed by atoms with Gasteiger partial charge in [0, 0.05) is 47.6 Å². The molecule has 3 N–H and O–H groups in total. The average Bonchev–Trinajstić information content (AvgIpc) is 3.26. The smallest absolute Gasteiger partial charge is 0.137 e. The lowest BCUT2D eigenvalue weighted by atomic mass is 9.95. The van der Waals surface area contributed by atoms with E-state index in [1.165, 1.54) is 50.6 Å². The Morgan fingerprint density at radius 2 is 1.66 bits per heavy atom. The molecule has 4 rings (SSSR count). The second-order valence-electron chi connectivity index (χ2n) is 8.80. The van der Waals surface area contributed by atoms with Crippen LogP contribution >= 0.6 is 15.9 Å². The molecular weight excluding hydrogens is 462 g/mol. The van der Waals surface area contributed by atoms with Gasteiger partial charge in [-0.2, -0.15) is 0 Å². The number of benzene rings is 1. The van der Waals surface area contributed by atoms with Crippen molar-refractivity contribution in [2.75, 3.05) is 26.2 Å². The number of nitrogens with zero attached hydrogens (tertiary/aromatic N) is 2. The first-order chi connectivity index (χ1) is 15.8. The topological polar surface area (TPSA) is 53.4 Å². The van der Waals surface area contributed by atoms with E-state index in [0.717, 1.165) is 60.1 Å². The molecule has 0 amide bonds. The summed E-state index contributed by atoms with van der Waals surface area (Å²) in [5.41, 5.74) is 4.38. The fraction of sp³-hybridized carbons (Fsp3) is 0.500. The van der Waals surface area contributed by atoms with E-state index in [4.69, 9.17) is 4.98 Å². The summed E-state index contributed by atoms with van der Waals surface area (Å²) in [5.74, 6) is 0. The highest BCUT2D eigenvalue weighted by atomic mass is 79.9. The van der Waals surface area contributed by atoms with E-state index in [1.807, 2.05) is 0 Å². The van der Waals surface area contributed by atoms with Crippen molar-refractivity contribution >= 4 is 21.6 Å². The van der Waals surface area contributed by atoms with Crippen LogP contribution in [0, 0.1) is 0 Å². The molecule has 1 aliphatic carbocycles. The van der Waals surface area contributed by atoms with E-state index >= 15 is 0 Å². The number of fused-ring (bicyclic) bond motifs is 1. The molecule has 0 bridgehead atoms. The first kappa shape index (κ1) is 23.4. The van der Waals surface area contributed by atoms with Crippen molar-refractivity contribution in [1.29, 1.82) is 0 Å². The average molecular weight is 499 g/mol. The number of rotatable bonds is 12. The minimum Gasteiger partial charge on any atom is -0.315 e. The summed E-state index contributed by atoms with van der Waals surface area (Å²) < 4.78 is 3.28. The van der Waals surface area contributed by atoms with Gasteiger partial charge >= 0.3 is 0 Å². The predicted octanol–water partition coefficient (Wildman–Crippen LogP) is 5.15. The molecule has 0 aliphatic heterocycles. The SMILES string of the molecule is Brc1ccc(-c2cn3c(CNCCCCNCCNC4CCCCC4)cccc3n2)cc1. The van der Waals surface area contributed by atoms with Crippen molar-refractivity contribution in [3.8, 4) is 11.3 Å². The maximum atomic E-state index is 4.80. The lowest BCUT2D eigenvalue weighted by Crippen LogP contribution is -2.36. The summed E-state index contributed by atoms with van der Waals surface area (Å²) in [5, 5.41) is 10.9. The fourth-order valence-corrected chi connectivity index (χ4v) is 4.75. The Morgan fingerprint density at radius 1 is 0.875 bits per heavy atom. The molecule has 1 aromatic carbocycles. The van der Waals surface area contributed by atoms with Gasteiger partial charge in [-0.25, -0.2) is 4.98 Å². The molecule has 2 aromatic heterocycles. The zero-order valence-electron chi connectivity index (χ0n) is 19.0. The van der Waals surface area contributed by atoms with Crippen molar-refractivity contribution in [3.63, 3.8) is 0 Å². The molecule has 32 heavy (non-hydrogen) atoms. The molecule has 0 saturated heterocycles. The van der Waals surface area contributed by atoms with Crippen LogP contribution in [0.2, 0.25) is 0 Å². The van der Waals surface area contributed by atoms with Crippen LogP contribution in [-0.2, 0) is 6.54 Å². The molecule has 3 aromatic rings. The zero-order valence-corrected chi connectivity index (χ0v) is 20.5. The van der Waals surface area contributed by atoms with Gasteiger partial charge < -0.3 is 20.4 Å². The molecule has 5 nitrogen and oxygen atoms in total. The van der Waals surface area contributed by atoms with Crippen LogP contribution in [0.3, 0.4) is 0 Å². The van der Waals surface area contributed by atoms with Crippen LogP contribution in [0.5, 0.6) is 0 Å². The van der Waals surface area contributed by atoms with Crippen LogP contribution in [0.1, 0.15) is 50.6 Å². The number of hydrogen-bond acceptors (Lipinski definition) is 4. The van der Waals surface area contributed by atoms with Gasteiger partial charge in [-0.05, 0) is 63.0 Å². The molecule has 0 radical (unpaired) electrons. The largest absolute Gasteiger partial charge is 0.315 e. The Kier molecular flexibility index (Phi) is 9.15. The molecule has 0 atom stereocenters. The van der Waals surface area contributed by atoms with E-state index in [-0.39, 0.29) is 0 Å². The highest BCUT2D eigenvalue weighted by Gasteiger charge is 2.11. The van der Waals surface area contributed by atoms with Gasteiger partial charge in [0.15, 0.2) is 0 Å². The minimum absolute atomic E-state index is 0.764. The molecule has 0 unspecified atom stereocenters. The second kappa shape index (κ2) is 12.5. The first-order valence-electron chi connectivity index (χ1n) is 12.2. The van der Waals surface area contributed by atoms with Crippen LogP contribution in [0.15, 0.2) is 53.1 Å². The van der Waals surface area contributed by atoms with E-state index in [9.17, 15) is 0 Å². The normalized spacial score (nSPS) is 14.9. The first-order valence-corrected chi connectivity index (χ1v) is 13.0. The van der Waals surface area contributed by atoms with Gasteiger partial charge in [-0.3, -0.25) is 0 Å². The molecule has 172 valence electrons. The van der Waals surface area contributed by atoms with Crippen molar-refractivity contribution in [1.82, 2.24) is 25.3 Å². The van der Waals surface area contributed by atoms with Gasteiger partial charge in [0.05, 0.1) is 5.69 Å². The number of pyridine rings is 1. The van der Waals surface area contributed by atoms with Crippen molar-refractivity contribution in [2.45, 2.75) is 57.5 Å². The van der Waals surface area contributed by atoms with Gasteiger partial charge in [0.2, 0.25) is 0 Å². The Balaban J connectivity index is 1.13. The third-order valence-corrected chi connectivity index (χ3v) is 6.85. The Morgan fingerprint density at radius 3 is 2.47 bits per heavy atom. The van der Waals surface area contributed by atoms with Crippen molar-refractivity contribution in [3.05, 3.63) is 58.8 Å². The number of imidazole rings is 1. The predicted molar refractivity (Wildman–Crippen MR) is 137 cm³/mol. The van der Waals surface area contributed by atoms with Crippen LogP contribution in [-0.4, -0.2) is 41.6 Å². The maximum absolute atomic E-state index is 4.80. The number of hydrogen-bond donors (Lipinski definition) is 3. The summed E-state index contributed by atoms with van der Waals surface area (Å²) in [6.07, 6.45) is 11.5. The minimum atomic E-state index is 0.764. The van der Waals surface area contributed by atoms with Crippen LogP contribution in [0.4, 0.5) is 0 Å². The highest BCUT2D eigenvalue weighted by Crippen LogP contribution is 2.22. The number of nitrogens with one attached hydrogen (secondary N) is 3. The third-order valence-electron chi connectivity index (χ3n) is 6.32. The lowest BCUT2D eigenvalue weighted by molar-refractivity contribution is 0.372. The lowest BCUT2D eigenvalue weighted by Gasteiger charge is -2.22. The molecular formula is C26H36BrN5. The van der Waals surface area contributed by atoms with E-state index in [0.29, 0.717) is 0 Å². The summed E-state index contributed by atoms with van der Waals surface area (Å²) in [4.78, 5) is 4.80. The van der Waals surface area contributed by atoms with Gasteiger partial charge in [0.25, 0.3) is 0 Å². The van der Waals surface area contributed by atoms with Crippen LogP contribution in [0.25, 0.3) is 16.9 Å². The summed E-state index contributed by atoms with van der Waals surface area (Å²) in [6, 6.07) is 15.4. The Hall–Kier alpha value is -1.73. The van der Waals surface area contributed by atoms with Crippen molar-refractivity contribution < 1.29 is 0 Å². The molecule has 0 spiro atoms. The molecule has 1 fully saturated rings. The maximum Gasteiger partial charge on any atom is 0.137 e. The summed E-state index contributed by atoms with van der Waals surface area (Å²) in [7, 11) is 0. The summed E-state index contributed by atoms with van der Waals surface area (Å²) in [6.45, 7) is 5.16. The van der Waals surface area contributed by atoms with Crippen LogP contribution < -0.4 is 16.0 Å². The van der Waals surface area contributed by atoms with E-state index < -0.39 is 0 Å².